The maximum Gasteiger partial charge on any atom is 0.338 e. The monoisotopic (exact) mass is 290 g/mol. The zero-order valence-electron chi connectivity index (χ0n) is 12.1. The number of esters is 3. The standard InChI is InChI=1S/C13H22O7/c1-4-18-10(14)7-8-13(17,12(16)20-6-3)9-11(15)19-5-2/h17H,4-9H2,1-3H3. The Morgan fingerprint density at radius 2 is 1.40 bits per heavy atom. The molecule has 0 aromatic rings. The summed E-state index contributed by atoms with van der Waals surface area (Å²) in [6, 6.07) is 0. The number of aliphatic hydroxyl groups is 1. The van der Waals surface area contributed by atoms with Crippen molar-refractivity contribution in [3.8, 4) is 0 Å². The van der Waals surface area contributed by atoms with Crippen molar-refractivity contribution in [1.29, 1.82) is 0 Å². The van der Waals surface area contributed by atoms with E-state index in [1.54, 1.807) is 20.8 Å². The van der Waals surface area contributed by atoms with Gasteiger partial charge in [0.15, 0.2) is 5.60 Å². The lowest BCUT2D eigenvalue weighted by atomic mass is 9.94. The van der Waals surface area contributed by atoms with Gasteiger partial charge >= 0.3 is 17.9 Å². The summed E-state index contributed by atoms with van der Waals surface area (Å²) < 4.78 is 14.1. The van der Waals surface area contributed by atoms with Crippen LogP contribution in [0.1, 0.15) is 40.0 Å². The molecule has 1 N–H and O–H groups in total. The Labute approximate surface area is 118 Å². The second-order valence-electron chi connectivity index (χ2n) is 4.04. The minimum Gasteiger partial charge on any atom is -0.466 e. The van der Waals surface area contributed by atoms with E-state index >= 15 is 0 Å². The first-order valence-electron chi connectivity index (χ1n) is 6.60. The van der Waals surface area contributed by atoms with Gasteiger partial charge in [0.25, 0.3) is 0 Å². The Bertz CT molecular complexity index is 340. The Hall–Kier alpha value is -1.63. The molecule has 0 radical (unpaired) electrons. The van der Waals surface area contributed by atoms with E-state index < -0.39 is 29.9 Å². The van der Waals surface area contributed by atoms with Crippen LogP contribution in [0.4, 0.5) is 0 Å². The average molecular weight is 290 g/mol. The predicted octanol–water partition coefficient (Wildman–Crippen LogP) is 0.577. The highest BCUT2D eigenvalue weighted by Gasteiger charge is 2.40. The van der Waals surface area contributed by atoms with E-state index in [1.165, 1.54) is 0 Å². The van der Waals surface area contributed by atoms with Crippen molar-refractivity contribution in [3.05, 3.63) is 0 Å². The molecule has 0 aromatic heterocycles. The van der Waals surface area contributed by atoms with E-state index in [0.29, 0.717) is 0 Å². The number of carbonyl (C=O) groups is 3. The minimum atomic E-state index is -2.07. The highest BCUT2D eigenvalue weighted by atomic mass is 16.6. The van der Waals surface area contributed by atoms with Crippen LogP contribution in [0.15, 0.2) is 0 Å². The maximum atomic E-state index is 11.7. The second-order valence-corrected chi connectivity index (χ2v) is 4.04. The molecule has 0 aliphatic heterocycles. The summed E-state index contributed by atoms with van der Waals surface area (Å²) in [5.74, 6) is -2.23. The second kappa shape index (κ2) is 9.30. The summed E-state index contributed by atoms with van der Waals surface area (Å²) in [7, 11) is 0. The molecule has 0 fully saturated rings. The normalized spacial score (nSPS) is 13.2. The third-order valence-electron chi connectivity index (χ3n) is 2.45. The van der Waals surface area contributed by atoms with E-state index in [-0.39, 0.29) is 32.7 Å². The van der Waals surface area contributed by atoms with Crippen LogP contribution in [-0.4, -0.2) is 48.4 Å². The molecule has 0 bridgehead atoms. The third kappa shape index (κ3) is 6.51. The zero-order chi connectivity index (χ0) is 15.6. The van der Waals surface area contributed by atoms with E-state index in [0.717, 1.165) is 0 Å². The van der Waals surface area contributed by atoms with Crippen molar-refractivity contribution < 1.29 is 33.7 Å². The van der Waals surface area contributed by atoms with E-state index in [4.69, 9.17) is 14.2 Å². The van der Waals surface area contributed by atoms with Gasteiger partial charge in [0.1, 0.15) is 0 Å². The highest BCUT2D eigenvalue weighted by Crippen LogP contribution is 2.21. The number of hydrogen-bond donors (Lipinski definition) is 1. The fourth-order valence-corrected chi connectivity index (χ4v) is 1.52. The van der Waals surface area contributed by atoms with Crippen molar-refractivity contribution in [2.75, 3.05) is 19.8 Å². The Morgan fingerprint density at radius 3 is 1.90 bits per heavy atom. The first kappa shape index (κ1) is 18.4. The SMILES string of the molecule is CCOC(=O)CCC(O)(CC(=O)OCC)C(=O)OCC. The molecule has 116 valence electrons. The number of hydrogen-bond acceptors (Lipinski definition) is 7. The molecular weight excluding hydrogens is 268 g/mol. The first-order chi connectivity index (χ1) is 9.39. The number of rotatable bonds is 9. The fourth-order valence-electron chi connectivity index (χ4n) is 1.52. The van der Waals surface area contributed by atoms with Crippen molar-refractivity contribution in [3.63, 3.8) is 0 Å². The number of carbonyl (C=O) groups excluding carboxylic acids is 3. The minimum absolute atomic E-state index is 0.0589. The molecule has 0 heterocycles. The summed E-state index contributed by atoms with van der Waals surface area (Å²) >= 11 is 0. The molecule has 1 atom stereocenters. The first-order valence-corrected chi connectivity index (χ1v) is 6.60. The van der Waals surface area contributed by atoms with Crippen molar-refractivity contribution in [2.45, 2.75) is 45.6 Å². The molecule has 0 aromatic carbocycles. The van der Waals surface area contributed by atoms with Gasteiger partial charge in [0, 0.05) is 6.42 Å². The molecule has 7 heteroatoms. The van der Waals surface area contributed by atoms with Crippen molar-refractivity contribution in [1.82, 2.24) is 0 Å². The summed E-state index contributed by atoms with van der Waals surface area (Å²) in [5, 5.41) is 10.2. The Balaban J connectivity index is 4.73. The van der Waals surface area contributed by atoms with E-state index in [1.807, 2.05) is 0 Å². The molecule has 0 amide bonds. The Kier molecular flexibility index (Phi) is 8.54. The molecule has 0 spiro atoms. The highest BCUT2D eigenvalue weighted by molar-refractivity contribution is 5.86. The molecular formula is C13H22O7. The van der Waals surface area contributed by atoms with Crippen LogP contribution < -0.4 is 0 Å². The quantitative estimate of drug-likeness (QED) is 0.489. The molecule has 20 heavy (non-hydrogen) atoms. The van der Waals surface area contributed by atoms with Crippen LogP contribution in [0, 0.1) is 0 Å². The van der Waals surface area contributed by atoms with Crippen LogP contribution in [-0.2, 0) is 28.6 Å². The van der Waals surface area contributed by atoms with Crippen LogP contribution in [0.25, 0.3) is 0 Å². The van der Waals surface area contributed by atoms with Gasteiger partial charge in [0.05, 0.1) is 26.2 Å². The Morgan fingerprint density at radius 1 is 0.900 bits per heavy atom. The lowest BCUT2D eigenvalue weighted by Crippen LogP contribution is -2.43. The molecule has 0 saturated heterocycles. The summed E-state index contributed by atoms with van der Waals surface area (Å²) in [6.45, 7) is 5.23. The van der Waals surface area contributed by atoms with Crippen LogP contribution >= 0.6 is 0 Å². The van der Waals surface area contributed by atoms with Crippen LogP contribution in [0.5, 0.6) is 0 Å². The van der Waals surface area contributed by atoms with Gasteiger partial charge in [-0.3, -0.25) is 9.59 Å². The molecule has 0 rings (SSSR count). The van der Waals surface area contributed by atoms with Crippen molar-refractivity contribution in [2.24, 2.45) is 0 Å². The van der Waals surface area contributed by atoms with Crippen molar-refractivity contribution >= 4 is 17.9 Å². The molecule has 7 nitrogen and oxygen atoms in total. The predicted molar refractivity (Wildman–Crippen MR) is 68.7 cm³/mol. The maximum absolute atomic E-state index is 11.7. The van der Waals surface area contributed by atoms with Gasteiger partial charge in [0.2, 0.25) is 0 Å². The van der Waals surface area contributed by atoms with E-state index in [9.17, 15) is 19.5 Å². The van der Waals surface area contributed by atoms with Gasteiger partial charge in [-0.05, 0) is 27.2 Å². The third-order valence-corrected chi connectivity index (χ3v) is 2.45. The van der Waals surface area contributed by atoms with Crippen LogP contribution in [0.2, 0.25) is 0 Å². The smallest absolute Gasteiger partial charge is 0.338 e. The van der Waals surface area contributed by atoms with Gasteiger partial charge in [-0.1, -0.05) is 0 Å². The molecule has 0 aliphatic rings. The molecule has 1 unspecified atom stereocenters. The van der Waals surface area contributed by atoms with Gasteiger partial charge < -0.3 is 19.3 Å². The fraction of sp³-hybridized carbons (Fsp3) is 0.769. The molecule has 0 saturated carbocycles. The zero-order valence-corrected chi connectivity index (χ0v) is 12.1. The average Bonchev–Trinajstić information content (AvgIpc) is 2.37. The number of ether oxygens (including phenoxy) is 3. The van der Waals surface area contributed by atoms with Crippen LogP contribution in [0.3, 0.4) is 0 Å². The van der Waals surface area contributed by atoms with Gasteiger partial charge in [-0.15, -0.1) is 0 Å². The van der Waals surface area contributed by atoms with Gasteiger partial charge in [-0.25, -0.2) is 4.79 Å². The lowest BCUT2D eigenvalue weighted by Gasteiger charge is -2.24. The van der Waals surface area contributed by atoms with E-state index in [2.05, 4.69) is 0 Å². The topological polar surface area (TPSA) is 99.1 Å². The summed E-state index contributed by atoms with van der Waals surface area (Å²) in [5.41, 5.74) is -2.07. The lowest BCUT2D eigenvalue weighted by molar-refractivity contribution is -0.173. The summed E-state index contributed by atoms with van der Waals surface area (Å²) in [6.07, 6.45) is -1.01. The summed E-state index contributed by atoms with van der Waals surface area (Å²) in [4.78, 5) is 34.5. The van der Waals surface area contributed by atoms with Gasteiger partial charge in [-0.2, -0.15) is 0 Å². The largest absolute Gasteiger partial charge is 0.466 e. The molecule has 0 aliphatic carbocycles.